The van der Waals surface area contributed by atoms with Crippen molar-refractivity contribution in [2.75, 3.05) is 5.32 Å². The second kappa shape index (κ2) is 7.85. The number of carbonyl (C=O) groups is 1. The number of hydrazine groups is 1. The van der Waals surface area contributed by atoms with Crippen LogP contribution in [-0.2, 0) is 4.79 Å². The first-order chi connectivity index (χ1) is 12.2. The number of halogens is 1. The first kappa shape index (κ1) is 17.0. The number of nitrogens with one attached hydrogen (secondary N) is 3. The Bertz CT molecular complexity index is 833. The van der Waals surface area contributed by atoms with Crippen molar-refractivity contribution in [1.29, 1.82) is 0 Å². The molecule has 0 fully saturated rings. The van der Waals surface area contributed by atoms with Crippen molar-refractivity contribution >= 4 is 39.9 Å². The highest BCUT2D eigenvalue weighted by molar-refractivity contribution is 8.16. The molecule has 1 heterocycles. The molecule has 1 aliphatic heterocycles. The Kier molecular flexibility index (Phi) is 5.35. The van der Waals surface area contributed by atoms with Crippen molar-refractivity contribution in [2.24, 2.45) is 4.99 Å². The van der Waals surface area contributed by atoms with Gasteiger partial charge < -0.3 is 5.32 Å². The summed E-state index contributed by atoms with van der Waals surface area (Å²) in [4.78, 5) is 15.6. The molecule has 1 aliphatic rings. The normalized spacial score (nSPS) is 15.1. The number of amidine groups is 1. The molecular formula is C18H17FN4OS. The molecule has 0 bridgehead atoms. The number of aliphatic imine (C=N–C) groups is 1. The third kappa shape index (κ3) is 4.39. The summed E-state index contributed by atoms with van der Waals surface area (Å²) in [6.45, 7) is 1.81. The minimum atomic E-state index is -0.364. The fraction of sp³-hybridized carbons (Fsp3) is 0.111. The standard InChI is InChI=1S/C18H17FN4OS/c1-2-17(24)20-13-9-7-12(8-10-13)16-11-25-18(23-22-16)21-15-6-4-3-5-14(15)19/h3-11,22H,2H2,1H3,(H,20,24)(H,21,23). The number of benzene rings is 2. The first-order valence-corrected chi connectivity index (χ1v) is 8.66. The van der Waals surface area contributed by atoms with Crippen LogP contribution in [0.2, 0.25) is 0 Å². The van der Waals surface area contributed by atoms with Gasteiger partial charge in [-0.15, -0.1) is 0 Å². The molecule has 0 atom stereocenters. The highest BCUT2D eigenvalue weighted by atomic mass is 32.2. The number of hydrogen-bond acceptors (Lipinski definition) is 4. The zero-order valence-corrected chi connectivity index (χ0v) is 14.4. The van der Waals surface area contributed by atoms with E-state index in [9.17, 15) is 9.18 Å². The number of nitrogens with zero attached hydrogens (tertiary/aromatic N) is 1. The van der Waals surface area contributed by atoms with E-state index in [0.717, 1.165) is 16.9 Å². The van der Waals surface area contributed by atoms with Gasteiger partial charge in [0.05, 0.1) is 5.70 Å². The monoisotopic (exact) mass is 356 g/mol. The molecule has 5 nitrogen and oxygen atoms in total. The average Bonchev–Trinajstić information content (AvgIpc) is 2.65. The topological polar surface area (TPSA) is 65.5 Å². The number of hydrogen-bond donors (Lipinski definition) is 3. The molecule has 1 amide bonds. The molecule has 0 unspecified atom stereocenters. The van der Waals surface area contributed by atoms with Gasteiger partial charge in [-0.1, -0.05) is 43.0 Å². The van der Waals surface area contributed by atoms with Crippen LogP contribution in [0.15, 0.2) is 58.9 Å². The summed E-state index contributed by atoms with van der Waals surface area (Å²) in [7, 11) is 0. The lowest BCUT2D eigenvalue weighted by Gasteiger charge is -2.19. The molecule has 3 N–H and O–H groups in total. The van der Waals surface area contributed by atoms with Crippen LogP contribution in [-0.4, -0.2) is 11.1 Å². The van der Waals surface area contributed by atoms with Gasteiger partial charge in [-0.3, -0.25) is 15.6 Å². The van der Waals surface area contributed by atoms with E-state index in [0.29, 0.717) is 11.6 Å². The van der Waals surface area contributed by atoms with E-state index in [4.69, 9.17) is 0 Å². The van der Waals surface area contributed by atoms with E-state index in [1.165, 1.54) is 17.8 Å². The second-order valence-electron chi connectivity index (χ2n) is 5.25. The molecule has 0 aromatic heterocycles. The van der Waals surface area contributed by atoms with E-state index in [1.54, 1.807) is 18.2 Å². The van der Waals surface area contributed by atoms with Crippen molar-refractivity contribution < 1.29 is 9.18 Å². The zero-order valence-electron chi connectivity index (χ0n) is 13.5. The molecular weight excluding hydrogens is 339 g/mol. The van der Waals surface area contributed by atoms with Crippen LogP contribution in [0.1, 0.15) is 18.9 Å². The number of carbonyl (C=O) groups excluding carboxylic acids is 1. The summed E-state index contributed by atoms with van der Waals surface area (Å²) in [5.74, 6) is -0.383. The zero-order chi connectivity index (χ0) is 17.6. The SMILES string of the molecule is CCC(=O)Nc1ccc(C2=CSC(=Nc3ccccc3F)NN2)cc1. The second-order valence-corrected chi connectivity index (χ2v) is 6.10. The van der Waals surface area contributed by atoms with Gasteiger partial charge in [-0.2, -0.15) is 0 Å². The number of anilines is 1. The smallest absolute Gasteiger partial charge is 0.224 e. The van der Waals surface area contributed by atoms with Crippen LogP contribution < -0.4 is 16.2 Å². The molecule has 128 valence electrons. The largest absolute Gasteiger partial charge is 0.326 e. The van der Waals surface area contributed by atoms with Crippen LogP contribution in [0.4, 0.5) is 15.8 Å². The molecule has 7 heteroatoms. The molecule has 0 spiro atoms. The number of amides is 1. The van der Waals surface area contributed by atoms with Gasteiger partial charge in [0.1, 0.15) is 11.5 Å². The van der Waals surface area contributed by atoms with Crippen molar-refractivity contribution in [3.05, 3.63) is 65.3 Å². The van der Waals surface area contributed by atoms with E-state index in [1.807, 2.05) is 36.6 Å². The molecule has 2 aromatic carbocycles. The lowest BCUT2D eigenvalue weighted by molar-refractivity contribution is -0.115. The fourth-order valence-electron chi connectivity index (χ4n) is 2.12. The summed E-state index contributed by atoms with van der Waals surface area (Å²) in [6, 6.07) is 13.9. The van der Waals surface area contributed by atoms with Crippen LogP contribution in [0.25, 0.3) is 5.70 Å². The Morgan fingerprint density at radius 2 is 1.92 bits per heavy atom. The highest BCUT2D eigenvalue weighted by Gasteiger charge is 2.11. The third-order valence-corrected chi connectivity index (χ3v) is 4.24. The van der Waals surface area contributed by atoms with Gasteiger partial charge in [0.2, 0.25) is 5.91 Å². The van der Waals surface area contributed by atoms with Crippen molar-refractivity contribution in [1.82, 2.24) is 10.9 Å². The minimum absolute atomic E-state index is 0.0195. The van der Waals surface area contributed by atoms with Crippen LogP contribution in [0.5, 0.6) is 0 Å². The third-order valence-electron chi connectivity index (χ3n) is 3.47. The summed E-state index contributed by atoms with van der Waals surface area (Å²) >= 11 is 1.37. The van der Waals surface area contributed by atoms with Gasteiger partial charge in [0, 0.05) is 23.1 Å². The number of thioether (sulfide) groups is 1. The molecule has 2 aromatic rings. The van der Waals surface area contributed by atoms with Crippen molar-refractivity contribution in [3.8, 4) is 0 Å². The Hall–Kier alpha value is -2.80. The summed E-state index contributed by atoms with van der Waals surface area (Å²) < 4.78 is 13.6. The van der Waals surface area contributed by atoms with E-state index in [2.05, 4.69) is 21.2 Å². The first-order valence-electron chi connectivity index (χ1n) is 7.78. The molecule has 0 aliphatic carbocycles. The van der Waals surface area contributed by atoms with Crippen LogP contribution >= 0.6 is 11.8 Å². The Labute approximate surface area is 149 Å². The predicted octanol–water partition coefficient (Wildman–Crippen LogP) is 4.00. The summed E-state index contributed by atoms with van der Waals surface area (Å²) in [6.07, 6.45) is 0.444. The van der Waals surface area contributed by atoms with Crippen molar-refractivity contribution in [3.63, 3.8) is 0 Å². The fourth-order valence-corrected chi connectivity index (χ4v) is 2.81. The molecule has 3 rings (SSSR count). The average molecular weight is 356 g/mol. The van der Waals surface area contributed by atoms with E-state index in [-0.39, 0.29) is 17.4 Å². The Morgan fingerprint density at radius 1 is 1.16 bits per heavy atom. The summed E-state index contributed by atoms with van der Waals surface area (Å²) in [5.41, 5.74) is 8.87. The number of rotatable bonds is 4. The van der Waals surface area contributed by atoms with Gasteiger partial charge in [-0.25, -0.2) is 9.38 Å². The number of para-hydroxylation sites is 1. The predicted molar refractivity (Wildman–Crippen MR) is 101 cm³/mol. The Morgan fingerprint density at radius 3 is 2.56 bits per heavy atom. The van der Waals surface area contributed by atoms with Gasteiger partial charge in [0.15, 0.2) is 5.17 Å². The maximum Gasteiger partial charge on any atom is 0.224 e. The lowest BCUT2D eigenvalue weighted by Crippen LogP contribution is -2.36. The molecule has 0 saturated heterocycles. The van der Waals surface area contributed by atoms with E-state index < -0.39 is 0 Å². The maximum absolute atomic E-state index is 13.6. The lowest BCUT2D eigenvalue weighted by atomic mass is 10.1. The van der Waals surface area contributed by atoms with Gasteiger partial charge in [-0.05, 0) is 24.3 Å². The van der Waals surface area contributed by atoms with Crippen LogP contribution in [0, 0.1) is 5.82 Å². The Balaban J connectivity index is 1.69. The summed E-state index contributed by atoms with van der Waals surface area (Å²) in [5, 5.41) is 5.26. The van der Waals surface area contributed by atoms with E-state index >= 15 is 0 Å². The quantitative estimate of drug-likeness (QED) is 0.775. The maximum atomic E-state index is 13.6. The minimum Gasteiger partial charge on any atom is -0.326 e. The van der Waals surface area contributed by atoms with Gasteiger partial charge in [0.25, 0.3) is 0 Å². The van der Waals surface area contributed by atoms with Gasteiger partial charge >= 0.3 is 0 Å². The van der Waals surface area contributed by atoms with Crippen molar-refractivity contribution in [2.45, 2.75) is 13.3 Å². The molecule has 25 heavy (non-hydrogen) atoms. The molecule has 0 saturated carbocycles. The van der Waals surface area contributed by atoms with Crippen LogP contribution in [0.3, 0.4) is 0 Å². The molecule has 0 radical (unpaired) electrons. The highest BCUT2D eigenvalue weighted by Crippen LogP contribution is 2.24.